The van der Waals surface area contributed by atoms with E-state index in [0.717, 1.165) is 12.1 Å². The molecule has 0 aliphatic heterocycles. The van der Waals surface area contributed by atoms with Crippen LogP contribution < -0.4 is 5.69 Å². The number of hydrogen-bond donors (Lipinski definition) is 0. The van der Waals surface area contributed by atoms with Gasteiger partial charge in [-0.1, -0.05) is 35.5 Å². The highest BCUT2D eigenvalue weighted by Crippen LogP contribution is 2.29. The minimum atomic E-state index is -4.43. The molecule has 0 unspecified atom stereocenters. The first kappa shape index (κ1) is 20.4. The molecule has 0 saturated heterocycles. The van der Waals surface area contributed by atoms with Crippen LogP contribution in [0.15, 0.2) is 58.5 Å². The highest BCUT2D eigenvalue weighted by atomic mass is 19.4. The SMILES string of the molecule is C/C(=N/OCc1ccccc1-n1c(C)nn(C)c1=O)c1cccc(C(F)(F)F)c1. The van der Waals surface area contributed by atoms with Crippen molar-refractivity contribution in [3.8, 4) is 5.69 Å². The largest absolute Gasteiger partial charge is 0.416 e. The van der Waals surface area contributed by atoms with E-state index in [1.807, 2.05) is 0 Å². The summed E-state index contributed by atoms with van der Waals surface area (Å²) in [5.41, 5.74) is 0.872. The smallest absolute Gasteiger partial charge is 0.391 e. The van der Waals surface area contributed by atoms with Crippen molar-refractivity contribution in [2.24, 2.45) is 12.2 Å². The van der Waals surface area contributed by atoms with Gasteiger partial charge in [0.1, 0.15) is 12.4 Å². The first-order chi connectivity index (χ1) is 13.7. The molecule has 0 bridgehead atoms. The summed E-state index contributed by atoms with van der Waals surface area (Å²) >= 11 is 0. The molecule has 0 aliphatic rings. The third-order valence-electron chi connectivity index (χ3n) is 4.35. The Bertz CT molecular complexity index is 1110. The molecule has 0 saturated carbocycles. The Morgan fingerprint density at radius 2 is 1.90 bits per heavy atom. The first-order valence-electron chi connectivity index (χ1n) is 8.73. The Kier molecular flexibility index (Phi) is 5.58. The second-order valence-corrected chi connectivity index (χ2v) is 6.45. The molecule has 3 rings (SSSR count). The van der Waals surface area contributed by atoms with Gasteiger partial charge in [0.25, 0.3) is 0 Å². The average Bonchev–Trinajstić information content (AvgIpc) is 2.93. The molecule has 0 radical (unpaired) electrons. The standard InChI is InChI=1S/C20H19F3N4O2/c1-13(15-8-6-9-17(11-15)20(21,22)23)25-29-12-16-7-4-5-10-18(16)27-14(2)24-26(3)19(27)28/h4-11H,12H2,1-3H3/b25-13-. The van der Waals surface area contributed by atoms with Crippen molar-refractivity contribution in [1.29, 1.82) is 0 Å². The maximum absolute atomic E-state index is 12.9. The zero-order valence-electron chi connectivity index (χ0n) is 16.1. The van der Waals surface area contributed by atoms with E-state index in [-0.39, 0.29) is 12.3 Å². The zero-order chi connectivity index (χ0) is 21.2. The number of aryl methyl sites for hydroxylation is 2. The van der Waals surface area contributed by atoms with Gasteiger partial charge in [-0.15, -0.1) is 0 Å². The molecule has 2 aromatic carbocycles. The fourth-order valence-electron chi connectivity index (χ4n) is 2.89. The van der Waals surface area contributed by atoms with Gasteiger partial charge in [0.15, 0.2) is 0 Å². The van der Waals surface area contributed by atoms with Gasteiger partial charge in [-0.2, -0.15) is 18.3 Å². The van der Waals surface area contributed by atoms with Crippen molar-refractivity contribution in [3.05, 3.63) is 81.5 Å². The van der Waals surface area contributed by atoms with Crippen molar-refractivity contribution in [3.63, 3.8) is 0 Å². The van der Waals surface area contributed by atoms with Gasteiger partial charge in [-0.05, 0) is 37.6 Å². The number of nitrogens with zero attached hydrogens (tertiary/aromatic N) is 4. The summed E-state index contributed by atoms with van der Waals surface area (Å²) in [6.07, 6.45) is -4.43. The van der Waals surface area contributed by atoms with Crippen LogP contribution in [0.3, 0.4) is 0 Å². The molecule has 0 amide bonds. The predicted octanol–water partition coefficient (Wildman–Crippen LogP) is 3.84. The molecule has 29 heavy (non-hydrogen) atoms. The lowest BCUT2D eigenvalue weighted by Crippen LogP contribution is -2.22. The van der Waals surface area contributed by atoms with Crippen LogP contribution in [0.5, 0.6) is 0 Å². The second-order valence-electron chi connectivity index (χ2n) is 6.45. The average molecular weight is 404 g/mol. The van der Waals surface area contributed by atoms with Crippen molar-refractivity contribution < 1.29 is 18.0 Å². The number of alkyl halides is 3. The molecular formula is C20H19F3N4O2. The van der Waals surface area contributed by atoms with Crippen LogP contribution in [-0.4, -0.2) is 20.1 Å². The summed E-state index contributed by atoms with van der Waals surface area (Å²) in [6, 6.07) is 12.0. The van der Waals surface area contributed by atoms with Crippen LogP contribution in [0, 0.1) is 6.92 Å². The van der Waals surface area contributed by atoms with Gasteiger partial charge in [-0.3, -0.25) is 0 Å². The highest BCUT2D eigenvalue weighted by molar-refractivity contribution is 5.98. The van der Waals surface area contributed by atoms with E-state index in [1.165, 1.54) is 21.4 Å². The first-order valence-corrected chi connectivity index (χ1v) is 8.73. The molecule has 0 aliphatic carbocycles. The number of rotatable bonds is 5. The molecule has 9 heteroatoms. The predicted molar refractivity (Wildman–Crippen MR) is 102 cm³/mol. The minimum absolute atomic E-state index is 0.0350. The number of hydrogen-bond acceptors (Lipinski definition) is 4. The Morgan fingerprint density at radius 3 is 2.55 bits per heavy atom. The van der Waals surface area contributed by atoms with Gasteiger partial charge in [0.2, 0.25) is 0 Å². The zero-order valence-corrected chi connectivity index (χ0v) is 16.1. The lowest BCUT2D eigenvalue weighted by Gasteiger charge is -2.10. The van der Waals surface area contributed by atoms with Gasteiger partial charge in [-0.25, -0.2) is 14.0 Å². The summed E-state index contributed by atoms with van der Waals surface area (Å²) in [7, 11) is 1.56. The molecule has 1 aromatic heterocycles. The summed E-state index contributed by atoms with van der Waals surface area (Å²) < 4.78 is 41.3. The van der Waals surface area contributed by atoms with Gasteiger partial charge < -0.3 is 4.84 Å². The third kappa shape index (κ3) is 4.39. The van der Waals surface area contributed by atoms with Crippen molar-refractivity contribution in [2.75, 3.05) is 0 Å². The van der Waals surface area contributed by atoms with Crippen molar-refractivity contribution >= 4 is 5.71 Å². The van der Waals surface area contributed by atoms with Crippen molar-refractivity contribution in [2.45, 2.75) is 26.6 Å². The molecule has 0 fully saturated rings. The third-order valence-corrected chi connectivity index (χ3v) is 4.35. The van der Waals surface area contributed by atoms with E-state index < -0.39 is 11.7 Å². The molecule has 1 heterocycles. The van der Waals surface area contributed by atoms with Gasteiger partial charge in [0, 0.05) is 12.6 Å². The number of oxime groups is 1. The Labute approximate surface area is 164 Å². The highest BCUT2D eigenvalue weighted by Gasteiger charge is 2.30. The number of aromatic nitrogens is 3. The molecule has 0 atom stereocenters. The maximum Gasteiger partial charge on any atom is 0.416 e. The van der Waals surface area contributed by atoms with E-state index in [9.17, 15) is 18.0 Å². The lowest BCUT2D eigenvalue weighted by molar-refractivity contribution is -0.137. The maximum atomic E-state index is 12.9. The summed E-state index contributed by atoms with van der Waals surface area (Å²) in [4.78, 5) is 17.7. The monoisotopic (exact) mass is 404 g/mol. The van der Waals surface area contributed by atoms with E-state index in [2.05, 4.69) is 10.3 Å². The minimum Gasteiger partial charge on any atom is -0.391 e. The number of para-hydroxylation sites is 1. The van der Waals surface area contributed by atoms with Crippen LogP contribution in [0.25, 0.3) is 5.69 Å². The summed E-state index contributed by atoms with van der Waals surface area (Å²) in [5, 5.41) is 8.05. The Hall–Kier alpha value is -3.36. The van der Waals surface area contributed by atoms with E-state index >= 15 is 0 Å². The Morgan fingerprint density at radius 1 is 1.17 bits per heavy atom. The topological polar surface area (TPSA) is 61.4 Å². The van der Waals surface area contributed by atoms with Gasteiger partial charge in [0.05, 0.1) is 17.0 Å². The van der Waals surface area contributed by atoms with Crippen LogP contribution >= 0.6 is 0 Å². The Balaban J connectivity index is 1.82. The lowest BCUT2D eigenvalue weighted by atomic mass is 10.1. The normalized spacial score (nSPS) is 12.3. The van der Waals surface area contributed by atoms with E-state index in [1.54, 1.807) is 45.2 Å². The number of benzene rings is 2. The van der Waals surface area contributed by atoms with Crippen molar-refractivity contribution in [1.82, 2.24) is 14.3 Å². The van der Waals surface area contributed by atoms with E-state index in [0.29, 0.717) is 28.4 Å². The molecule has 6 nitrogen and oxygen atoms in total. The van der Waals surface area contributed by atoms with Crippen LogP contribution in [0.2, 0.25) is 0 Å². The van der Waals surface area contributed by atoms with Gasteiger partial charge >= 0.3 is 11.9 Å². The summed E-state index contributed by atoms with van der Waals surface area (Å²) in [5.74, 6) is 0.522. The van der Waals surface area contributed by atoms with Crippen LogP contribution in [0.4, 0.5) is 13.2 Å². The fraction of sp³-hybridized carbons (Fsp3) is 0.250. The quantitative estimate of drug-likeness (QED) is 0.480. The van der Waals surface area contributed by atoms with Crippen LogP contribution in [-0.2, 0) is 24.7 Å². The fourth-order valence-corrected chi connectivity index (χ4v) is 2.89. The van der Waals surface area contributed by atoms with E-state index in [4.69, 9.17) is 4.84 Å². The molecule has 0 spiro atoms. The van der Waals surface area contributed by atoms with Crippen LogP contribution in [0.1, 0.15) is 29.4 Å². The molecule has 0 N–H and O–H groups in total. The number of halogens is 3. The summed E-state index contributed by atoms with van der Waals surface area (Å²) in [6.45, 7) is 3.32. The second kappa shape index (κ2) is 7.94. The molecular weight excluding hydrogens is 385 g/mol. The molecule has 152 valence electrons. The molecule has 3 aromatic rings.